The molecule has 1 aliphatic heterocycles. The van der Waals surface area contributed by atoms with Gasteiger partial charge in [0.25, 0.3) is 0 Å². The molecule has 7 nitrogen and oxygen atoms in total. The molecule has 1 aromatic rings. The van der Waals surface area contributed by atoms with Crippen LogP contribution < -0.4 is 0 Å². The Hall–Kier alpha value is -0.821. The zero-order valence-corrected chi connectivity index (χ0v) is 21.4. The van der Waals surface area contributed by atoms with E-state index >= 15 is 0 Å². The van der Waals surface area contributed by atoms with Crippen LogP contribution in [-0.2, 0) is 6.54 Å². The van der Waals surface area contributed by atoms with Gasteiger partial charge < -0.3 is 20.1 Å². The second-order valence-corrected chi connectivity index (χ2v) is 11.0. The minimum atomic E-state index is -0.706. The Kier molecular flexibility index (Phi) is 11.9. The number of imidazole rings is 1. The number of aliphatic hydroxyl groups excluding tert-OH is 1. The molecule has 10 radical (unpaired) electrons. The summed E-state index contributed by atoms with van der Waals surface area (Å²) in [6, 6.07) is 0. The molecule has 2 unspecified atom stereocenters. The molecule has 2 atom stereocenters. The van der Waals surface area contributed by atoms with Crippen molar-refractivity contribution in [3.05, 3.63) is 22.5 Å². The van der Waals surface area contributed by atoms with Gasteiger partial charge in [-0.25, -0.2) is 4.57 Å². The van der Waals surface area contributed by atoms with E-state index in [-0.39, 0.29) is 18.9 Å². The first-order chi connectivity index (χ1) is 17.2. The number of unbranched alkanes of at least 4 members (excludes halogenated alkanes) is 2. The lowest BCUT2D eigenvalue weighted by molar-refractivity contribution is -0.397. The maximum absolute atomic E-state index is 11.1. The van der Waals surface area contributed by atoms with Crippen LogP contribution in [0.15, 0.2) is 12.4 Å². The van der Waals surface area contributed by atoms with Crippen LogP contribution in [0, 0.1) is 16.0 Å². The quantitative estimate of drug-likeness (QED) is 0.129. The Balaban J connectivity index is 1.43. The van der Waals surface area contributed by atoms with E-state index in [1.165, 1.54) is 42.6 Å². The molecule has 3 rings (SSSR count). The molecule has 0 bridgehead atoms. The van der Waals surface area contributed by atoms with Gasteiger partial charge in [-0.1, -0.05) is 55.6 Å². The zero-order valence-electron chi connectivity index (χ0n) is 21.4. The predicted molar refractivity (Wildman–Crippen MR) is 158 cm³/mol. The molecule has 0 aromatic carbocycles. The fourth-order valence-corrected chi connectivity index (χ4v) is 5.57. The van der Waals surface area contributed by atoms with Gasteiger partial charge in [0.05, 0.1) is 19.3 Å². The lowest BCUT2D eigenvalue weighted by Gasteiger charge is -2.26. The highest BCUT2D eigenvalue weighted by atomic mass is 16.6. The average Bonchev–Trinajstić information content (AvgIpc) is 3.72. The minimum absolute atomic E-state index is 0.0691. The lowest BCUT2D eigenvalue weighted by atomic mass is 8.57. The summed E-state index contributed by atoms with van der Waals surface area (Å²) < 4.78 is 1.40. The van der Waals surface area contributed by atoms with Gasteiger partial charge in [-0.15, -0.1) is 0 Å². The fourth-order valence-electron chi connectivity index (χ4n) is 5.57. The van der Waals surface area contributed by atoms with Crippen molar-refractivity contribution in [1.29, 1.82) is 0 Å². The standard InChI is InChI=1S/C19H32B10N4O3/c20-26(21)28(24)29(27(22)23)25-13-17(25)6-2-4-11-31(10-3-1-5-16-7-8-16)14-18(34)15-32-12-9-30-19(32)33(35)36/h9,12,16-18,34H,1-8,10-11,13-15H2. The Labute approximate surface area is 225 Å². The van der Waals surface area contributed by atoms with Crippen LogP contribution in [0.25, 0.3) is 0 Å². The van der Waals surface area contributed by atoms with Gasteiger partial charge in [-0.3, -0.25) is 0 Å². The molecule has 0 amide bonds. The second-order valence-electron chi connectivity index (χ2n) is 11.0. The first-order valence-electron chi connectivity index (χ1n) is 13.5. The Morgan fingerprint density at radius 1 is 1.14 bits per heavy atom. The first-order valence-corrected chi connectivity index (χ1v) is 13.5. The van der Waals surface area contributed by atoms with E-state index in [1.54, 1.807) is 0 Å². The molecular formula is C19H32B10N4O3. The van der Waals surface area contributed by atoms with Crippen LogP contribution in [0.3, 0.4) is 0 Å². The van der Waals surface area contributed by atoms with E-state index in [0.717, 1.165) is 51.0 Å². The maximum atomic E-state index is 11.1. The maximum Gasteiger partial charge on any atom is 0.434 e. The van der Waals surface area contributed by atoms with Crippen molar-refractivity contribution in [1.82, 2.24) is 14.5 Å². The number of rotatable bonds is 19. The Bertz CT molecular complexity index is 818. The molecule has 36 heavy (non-hydrogen) atoms. The van der Waals surface area contributed by atoms with Crippen molar-refractivity contribution in [2.24, 2.45) is 5.92 Å². The largest absolute Gasteiger partial charge is 0.434 e. The lowest BCUT2D eigenvalue weighted by Crippen LogP contribution is -2.63. The summed E-state index contributed by atoms with van der Waals surface area (Å²) in [5, 5.41) is 21.8. The van der Waals surface area contributed by atoms with Crippen LogP contribution in [0.1, 0.15) is 51.4 Å². The number of hydrogen-bond acceptors (Lipinski definition) is 5. The SMILES string of the molecule is [B]B([B])B([B])B(B([B])[B])B1CC1CCCCN(CCCCC1CC1)CC(O)Cn1ccnc1[N+](=O)[O-]. The summed E-state index contributed by atoms with van der Waals surface area (Å²) in [7, 11) is 29.7. The minimum Gasteiger partial charge on any atom is -0.390 e. The van der Waals surface area contributed by atoms with Crippen molar-refractivity contribution in [3.63, 3.8) is 0 Å². The average molecular weight is 473 g/mol. The van der Waals surface area contributed by atoms with E-state index < -0.39 is 30.2 Å². The van der Waals surface area contributed by atoms with E-state index in [4.69, 9.17) is 38.7 Å². The van der Waals surface area contributed by atoms with Gasteiger partial charge >= 0.3 is 5.95 Å². The predicted octanol–water partition coefficient (Wildman–Crippen LogP) is -0.298. The number of aromatic nitrogens is 2. The van der Waals surface area contributed by atoms with E-state index in [1.807, 2.05) is 0 Å². The monoisotopic (exact) mass is 474 g/mol. The summed E-state index contributed by atoms with van der Waals surface area (Å²) in [5.74, 6) is 1.23. The summed E-state index contributed by atoms with van der Waals surface area (Å²) in [5.41, 5.74) is 0. The molecule has 1 aromatic heterocycles. The van der Waals surface area contributed by atoms with Crippen molar-refractivity contribution < 1.29 is 10.0 Å². The molecule has 176 valence electrons. The summed E-state index contributed by atoms with van der Waals surface area (Å²) in [4.78, 5) is 16.7. The van der Waals surface area contributed by atoms with Crippen molar-refractivity contribution in [3.8, 4) is 0 Å². The summed E-state index contributed by atoms with van der Waals surface area (Å²) in [6.07, 6.45) is 11.2. The normalized spacial score (nSPS) is 17.7. The van der Waals surface area contributed by atoms with E-state index in [0.29, 0.717) is 19.0 Å². The molecule has 1 N–H and O–H groups in total. The van der Waals surface area contributed by atoms with E-state index in [9.17, 15) is 15.2 Å². The number of nitrogens with zero attached hydrogens (tertiary/aromatic N) is 4. The van der Waals surface area contributed by atoms with Crippen molar-refractivity contribution in [2.75, 3.05) is 19.6 Å². The molecule has 1 saturated carbocycles. The summed E-state index contributed by atoms with van der Waals surface area (Å²) >= 11 is 0. The third-order valence-corrected chi connectivity index (χ3v) is 7.87. The van der Waals surface area contributed by atoms with Gasteiger partial charge in [0, 0.05) is 70.8 Å². The molecular weight excluding hydrogens is 440 g/mol. The molecule has 2 heterocycles. The molecule has 2 aliphatic rings. The van der Waals surface area contributed by atoms with Crippen LogP contribution in [0.4, 0.5) is 5.95 Å². The van der Waals surface area contributed by atoms with Gasteiger partial charge in [-0.2, -0.15) is 0 Å². The highest BCUT2D eigenvalue weighted by Crippen LogP contribution is 2.43. The molecule has 2 fully saturated rings. The number of hydrogen-bond donors (Lipinski definition) is 1. The van der Waals surface area contributed by atoms with E-state index in [2.05, 4.69) is 9.88 Å². The third kappa shape index (κ3) is 9.49. The van der Waals surface area contributed by atoms with Gasteiger partial charge in [0.15, 0.2) is 0 Å². The number of nitro groups is 1. The van der Waals surface area contributed by atoms with Gasteiger partial charge in [0.1, 0.15) is 12.4 Å². The Morgan fingerprint density at radius 3 is 2.39 bits per heavy atom. The smallest absolute Gasteiger partial charge is 0.390 e. The summed E-state index contributed by atoms with van der Waals surface area (Å²) in [6.45, 7) is 2.83. The van der Waals surface area contributed by atoms with Crippen LogP contribution >= 0.6 is 0 Å². The second kappa shape index (κ2) is 14.4. The van der Waals surface area contributed by atoms with Crippen LogP contribution in [0.5, 0.6) is 0 Å². The highest BCUT2D eigenvalue weighted by Gasteiger charge is 2.49. The highest BCUT2D eigenvalue weighted by molar-refractivity contribution is 8.01. The molecule has 17 heteroatoms. The van der Waals surface area contributed by atoms with Crippen LogP contribution in [-0.4, -0.2) is 121 Å². The van der Waals surface area contributed by atoms with Crippen molar-refractivity contribution in [2.45, 2.75) is 76.2 Å². The fraction of sp³-hybridized carbons (Fsp3) is 0.842. The van der Waals surface area contributed by atoms with Gasteiger partial charge in [-0.05, 0) is 36.8 Å². The first kappa shape index (κ1) is 29.7. The zero-order chi connectivity index (χ0) is 26.2. The van der Waals surface area contributed by atoms with Gasteiger partial charge in [0.2, 0.25) is 0 Å². The topological polar surface area (TPSA) is 84.4 Å². The van der Waals surface area contributed by atoms with Crippen molar-refractivity contribution >= 4 is 76.8 Å². The molecule has 1 aliphatic carbocycles. The van der Waals surface area contributed by atoms with Crippen LogP contribution in [0.2, 0.25) is 12.1 Å². The number of aliphatic hydroxyl groups is 1. The molecule has 1 saturated heterocycles. The Morgan fingerprint density at radius 2 is 1.81 bits per heavy atom. The third-order valence-electron chi connectivity index (χ3n) is 7.87. The molecule has 0 spiro atoms.